The van der Waals surface area contributed by atoms with Crippen LogP contribution in [0.2, 0.25) is 0 Å². The van der Waals surface area contributed by atoms with Crippen LogP contribution in [0.3, 0.4) is 0 Å². The molecule has 1 aromatic rings. The van der Waals surface area contributed by atoms with Gasteiger partial charge < -0.3 is 10.1 Å². The van der Waals surface area contributed by atoms with Gasteiger partial charge in [0.25, 0.3) is 5.56 Å². The van der Waals surface area contributed by atoms with Crippen molar-refractivity contribution in [3.05, 3.63) is 22.1 Å². The largest absolute Gasteiger partial charge is 0.383 e. The lowest BCUT2D eigenvalue weighted by atomic mass is 10.1. The van der Waals surface area contributed by atoms with E-state index in [-0.39, 0.29) is 5.56 Å². The highest BCUT2D eigenvalue weighted by atomic mass is 16.5. The van der Waals surface area contributed by atoms with Crippen LogP contribution in [-0.4, -0.2) is 29.5 Å². The summed E-state index contributed by atoms with van der Waals surface area (Å²) in [6.45, 7) is 6.93. The summed E-state index contributed by atoms with van der Waals surface area (Å²) in [6.07, 6.45) is 2.01. The highest BCUT2D eigenvalue weighted by Crippen LogP contribution is 2.16. The minimum Gasteiger partial charge on any atom is -0.383 e. The smallest absolute Gasteiger partial charge is 0.268 e. The molecule has 0 atom stereocenters. The van der Waals surface area contributed by atoms with Gasteiger partial charge in [0.1, 0.15) is 0 Å². The number of hydrogen-bond donors (Lipinski definition) is 1. The van der Waals surface area contributed by atoms with Crippen molar-refractivity contribution < 1.29 is 4.74 Å². The quantitative estimate of drug-likeness (QED) is 0.801. The van der Waals surface area contributed by atoms with E-state index in [9.17, 15) is 4.79 Å². The van der Waals surface area contributed by atoms with Crippen molar-refractivity contribution in [1.82, 2.24) is 9.78 Å². The molecule has 0 bridgehead atoms. The molecule has 0 radical (unpaired) electrons. The molecule has 2 heterocycles. The number of fused-ring (bicyclic) bond motifs is 1. The zero-order chi connectivity index (χ0) is 13.0. The molecular formula is C13H21N3O2. The first-order chi connectivity index (χ1) is 8.66. The van der Waals surface area contributed by atoms with Crippen LogP contribution in [-0.2, 0) is 17.7 Å². The summed E-state index contributed by atoms with van der Waals surface area (Å²) in [7, 11) is 0. The Hall–Kier alpha value is -1.36. The molecule has 0 saturated heterocycles. The van der Waals surface area contributed by atoms with E-state index in [1.54, 1.807) is 6.07 Å². The predicted octanol–water partition coefficient (Wildman–Crippen LogP) is 1.27. The van der Waals surface area contributed by atoms with Crippen LogP contribution >= 0.6 is 0 Å². The van der Waals surface area contributed by atoms with Crippen molar-refractivity contribution in [1.29, 1.82) is 0 Å². The molecule has 0 saturated carbocycles. The first-order valence-corrected chi connectivity index (χ1v) is 6.59. The summed E-state index contributed by atoms with van der Waals surface area (Å²) in [5.41, 5.74) is 1.83. The molecule has 100 valence electrons. The summed E-state index contributed by atoms with van der Waals surface area (Å²) in [6, 6.07) is 1.64. The number of nitrogens with zero attached hydrogens (tertiary/aromatic N) is 2. The number of anilines is 1. The van der Waals surface area contributed by atoms with Gasteiger partial charge in [0, 0.05) is 19.2 Å². The first kappa shape index (κ1) is 13.1. The fraction of sp³-hybridized carbons (Fsp3) is 0.692. The molecule has 1 N–H and O–H groups in total. The molecule has 5 heteroatoms. The summed E-state index contributed by atoms with van der Waals surface area (Å²) >= 11 is 0. The van der Waals surface area contributed by atoms with Crippen molar-refractivity contribution in [2.24, 2.45) is 5.92 Å². The van der Waals surface area contributed by atoms with Gasteiger partial charge in [0.05, 0.1) is 24.5 Å². The number of hydrogen-bond acceptors (Lipinski definition) is 4. The van der Waals surface area contributed by atoms with E-state index in [1.807, 2.05) is 0 Å². The van der Waals surface area contributed by atoms with E-state index in [0.717, 1.165) is 37.4 Å². The van der Waals surface area contributed by atoms with Gasteiger partial charge in [-0.15, -0.1) is 0 Å². The molecule has 2 rings (SSSR count). The Labute approximate surface area is 107 Å². The van der Waals surface area contributed by atoms with Crippen molar-refractivity contribution in [2.75, 3.05) is 25.1 Å². The topological polar surface area (TPSA) is 56.2 Å². The Morgan fingerprint density at radius 3 is 3.17 bits per heavy atom. The van der Waals surface area contributed by atoms with Crippen LogP contribution in [0.4, 0.5) is 5.69 Å². The number of nitrogens with one attached hydrogen (secondary N) is 1. The van der Waals surface area contributed by atoms with E-state index < -0.39 is 0 Å². The van der Waals surface area contributed by atoms with Crippen molar-refractivity contribution in [2.45, 2.75) is 33.2 Å². The lowest BCUT2D eigenvalue weighted by Crippen LogP contribution is -2.28. The summed E-state index contributed by atoms with van der Waals surface area (Å²) in [5.74, 6) is 0.516. The Morgan fingerprint density at radius 2 is 2.39 bits per heavy atom. The van der Waals surface area contributed by atoms with Gasteiger partial charge in [-0.2, -0.15) is 5.10 Å². The SMILES string of the molecule is CC(C)COCCn1nc2c(cc1=O)NCCC2. The molecular weight excluding hydrogens is 230 g/mol. The third kappa shape index (κ3) is 3.32. The highest BCUT2D eigenvalue weighted by molar-refractivity contribution is 5.48. The van der Waals surface area contributed by atoms with E-state index in [1.165, 1.54) is 4.68 Å². The molecule has 0 aromatic carbocycles. The van der Waals surface area contributed by atoms with Crippen LogP contribution in [0.25, 0.3) is 0 Å². The minimum atomic E-state index is -0.0590. The second-order valence-corrected chi connectivity index (χ2v) is 5.07. The maximum atomic E-state index is 11.8. The summed E-state index contributed by atoms with van der Waals surface area (Å²) in [5, 5.41) is 7.60. The van der Waals surface area contributed by atoms with Gasteiger partial charge in [-0.05, 0) is 18.8 Å². The van der Waals surface area contributed by atoms with Gasteiger partial charge in [-0.25, -0.2) is 4.68 Å². The number of aromatic nitrogens is 2. The molecule has 1 aliphatic rings. The van der Waals surface area contributed by atoms with Crippen molar-refractivity contribution in [3.8, 4) is 0 Å². The number of ether oxygens (including phenoxy) is 1. The van der Waals surface area contributed by atoms with Crippen LogP contribution in [0, 0.1) is 5.92 Å². The Balaban J connectivity index is 1.98. The predicted molar refractivity (Wildman–Crippen MR) is 71.0 cm³/mol. The van der Waals surface area contributed by atoms with E-state index in [0.29, 0.717) is 19.1 Å². The van der Waals surface area contributed by atoms with E-state index >= 15 is 0 Å². The van der Waals surface area contributed by atoms with Crippen molar-refractivity contribution in [3.63, 3.8) is 0 Å². The second kappa shape index (κ2) is 6.00. The average Bonchev–Trinajstić information content (AvgIpc) is 2.34. The van der Waals surface area contributed by atoms with Crippen molar-refractivity contribution >= 4 is 5.69 Å². The Bertz CT molecular complexity index is 454. The average molecular weight is 251 g/mol. The highest BCUT2D eigenvalue weighted by Gasteiger charge is 2.12. The monoisotopic (exact) mass is 251 g/mol. The molecule has 0 unspecified atom stereocenters. The van der Waals surface area contributed by atoms with Gasteiger partial charge in [0.15, 0.2) is 0 Å². The maximum absolute atomic E-state index is 11.8. The molecule has 0 fully saturated rings. The minimum absolute atomic E-state index is 0.0590. The van der Waals surface area contributed by atoms with E-state index in [4.69, 9.17) is 4.74 Å². The molecule has 0 amide bonds. The molecule has 0 aliphatic carbocycles. The fourth-order valence-electron chi connectivity index (χ4n) is 1.98. The molecule has 18 heavy (non-hydrogen) atoms. The number of rotatable bonds is 5. The van der Waals surface area contributed by atoms with Gasteiger partial charge in [-0.3, -0.25) is 4.79 Å². The van der Waals surface area contributed by atoms with Gasteiger partial charge in [-0.1, -0.05) is 13.8 Å². The maximum Gasteiger partial charge on any atom is 0.268 e. The lowest BCUT2D eigenvalue weighted by Gasteiger charge is -2.17. The first-order valence-electron chi connectivity index (χ1n) is 6.59. The zero-order valence-electron chi connectivity index (χ0n) is 11.1. The van der Waals surface area contributed by atoms with Crippen LogP contribution in [0.5, 0.6) is 0 Å². The Kier molecular flexibility index (Phi) is 4.36. The second-order valence-electron chi connectivity index (χ2n) is 5.07. The van der Waals surface area contributed by atoms with Gasteiger partial charge >= 0.3 is 0 Å². The third-order valence-corrected chi connectivity index (χ3v) is 2.88. The molecule has 1 aromatic heterocycles. The molecule has 0 spiro atoms. The lowest BCUT2D eigenvalue weighted by molar-refractivity contribution is 0.0999. The zero-order valence-corrected chi connectivity index (χ0v) is 11.1. The normalized spacial score (nSPS) is 14.4. The van der Waals surface area contributed by atoms with Crippen LogP contribution < -0.4 is 10.9 Å². The van der Waals surface area contributed by atoms with Gasteiger partial charge in [0.2, 0.25) is 0 Å². The third-order valence-electron chi connectivity index (χ3n) is 2.88. The summed E-state index contributed by atoms with van der Waals surface area (Å²) < 4.78 is 6.99. The summed E-state index contributed by atoms with van der Waals surface area (Å²) in [4.78, 5) is 11.8. The number of aryl methyl sites for hydroxylation is 1. The van der Waals surface area contributed by atoms with E-state index in [2.05, 4.69) is 24.3 Å². The molecule has 1 aliphatic heterocycles. The standard InChI is InChI=1S/C13H21N3O2/c1-10(2)9-18-7-6-16-13(17)8-12-11(15-16)4-3-5-14-12/h8,10,14H,3-7,9H2,1-2H3. The van der Waals surface area contributed by atoms with Crippen LogP contribution in [0.15, 0.2) is 10.9 Å². The molecule has 5 nitrogen and oxygen atoms in total. The Morgan fingerprint density at radius 1 is 1.56 bits per heavy atom. The van der Waals surface area contributed by atoms with Crippen LogP contribution in [0.1, 0.15) is 26.0 Å². The fourth-order valence-corrected chi connectivity index (χ4v) is 1.98.